The Morgan fingerprint density at radius 3 is 3.06 bits per heavy atom. The molecule has 0 spiro atoms. The first-order chi connectivity index (χ1) is 8.31. The van der Waals surface area contributed by atoms with Crippen LogP contribution in [0.15, 0.2) is 30.5 Å². The molecular formula is C13H12N2O2. The summed E-state index contributed by atoms with van der Waals surface area (Å²) in [7, 11) is 1.39. The molecule has 1 aromatic heterocycles. The second-order valence-corrected chi connectivity index (χ2v) is 4.02. The van der Waals surface area contributed by atoms with Crippen LogP contribution in [0.2, 0.25) is 0 Å². The molecule has 0 aliphatic carbocycles. The van der Waals surface area contributed by atoms with Crippen molar-refractivity contribution in [1.82, 2.24) is 9.55 Å². The van der Waals surface area contributed by atoms with Crippen LogP contribution in [0.5, 0.6) is 0 Å². The summed E-state index contributed by atoms with van der Waals surface area (Å²) in [5, 5.41) is 0. The quantitative estimate of drug-likeness (QED) is 0.700. The lowest BCUT2D eigenvalue weighted by atomic mass is 10.0. The highest BCUT2D eigenvalue weighted by atomic mass is 16.5. The van der Waals surface area contributed by atoms with Crippen LogP contribution in [0.4, 0.5) is 0 Å². The normalized spacial score (nSPS) is 12.8. The van der Waals surface area contributed by atoms with Gasteiger partial charge in [0.15, 0.2) is 0 Å². The standard InChI is InChI=1S/C13H12N2O2/c1-17-13(16)11-8-14-12-10-5-3-2-4-9(10)6-7-15(11)12/h2-5,8H,6-7H2,1H3. The monoisotopic (exact) mass is 228 g/mol. The van der Waals surface area contributed by atoms with E-state index < -0.39 is 0 Å². The fraction of sp³-hybridized carbons (Fsp3) is 0.231. The van der Waals surface area contributed by atoms with E-state index in [1.165, 1.54) is 12.7 Å². The number of hydrogen-bond acceptors (Lipinski definition) is 3. The third kappa shape index (κ3) is 1.45. The number of fused-ring (bicyclic) bond motifs is 3. The summed E-state index contributed by atoms with van der Waals surface area (Å²) < 4.78 is 6.67. The lowest BCUT2D eigenvalue weighted by Crippen LogP contribution is -2.16. The van der Waals surface area contributed by atoms with Gasteiger partial charge in [0.05, 0.1) is 13.3 Å². The number of methoxy groups -OCH3 is 1. The Hall–Kier alpha value is -2.10. The minimum Gasteiger partial charge on any atom is -0.464 e. The molecule has 17 heavy (non-hydrogen) atoms. The van der Waals surface area contributed by atoms with Crippen LogP contribution in [0.1, 0.15) is 16.1 Å². The van der Waals surface area contributed by atoms with Crippen molar-refractivity contribution in [3.63, 3.8) is 0 Å². The minimum atomic E-state index is -0.330. The van der Waals surface area contributed by atoms with Crippen LogP contribution in [0.3, 0.4) is 0 Å². The van der Waals surface area contributed by atoms with Crippen LogP contribution in [0, 0.1) is 0 Å². The molecule has 1 aliphatic heterocycles. The van der Waals surface area contributed by atoms with Gasteiger partial charge in [-0.15, -0.1) is 0 Å². The van der Waals surface area contributed by atoms with E-state index >= 15 is 0 Å². The molecule has 86 valence electrons. The first-order valence-corrected chi connectivity index (χ1v) is 5.53. The third-order valence-corrected chi connectivity index (χ3v) is 3.11. The average molecular weight is 228 g/mol. The van der Waals surface area contributed by atoms with Crippen LogP contribution < -0.4 is 0 Å². The molecule has 2 aromatic rings. The predicted octanol–water partition coefficient (Wildman–Crippen LogP) is 1.89. The Morgan fingerprint density at radius 2 is 2.24 bits per heavy atom. The van der Waals surface area contributed by atoms with Gasteiger partial charge in [0, 0.05) is 12.1 Å². The van der Waals surface area contributed by atoms with Crippen molar-refractivity contribution in [2.45, 2.75) is 13.0 Å². The maximum absolute atomic E-state index is 11.6. The number of nitrogens with zero attached hydrogens (tertiary/aromatic N) is 2. The van der Waals surface area contributed by atoms with Crippen molar-refractivity contribution in [2.75, 3.05) is 7.11 Å². The Morgan fingerprint density at radius 1 is 1.41 bits per heavy atom. The fourth-order valence-electron chi connectivity index (χ4n) is 2.27. The molecule has 0 unspecified atom stereocenters. The van der Waals surface area contributed by atoms with E-state index in [-0.39, 0.29) is 5.97 Å². The molecule has 2 heterocycles. The number of ether oxygens (including phenoxy) is 1. The second-order valence-electron chi connectivity index (χ2n) is 4.02. The maximum Gasteiger partial charge on any atom is 0.356 e. The number of aromatic nitrogens is 2. The van der Waals surface area contributed by atoms with E-state index in [0.717, 1.165) is 24.4 Å². The highest BCUT2D eigenvalue weighted by Gasteiger charge is 2.22. The molecule has 0 amide bonds. The van der Waals surface area contributed by atoms with E-state index in [2.05, 4.69) is 11.1 Å². The van der Waals surface area contributed by atoms with Crippen LogP contribution in [-0.4, -0.2) is 22.6 Å². The van der Waals surface area contributed by atoms with E-state index in [1.807, 2.05) is 22.8 Å². The number of imidazole rings is 1. The highest BCUT2D eigenvalue weighted by Crippen LogP contribution is 2.29. The molecule has 0 atom stereocenters. The number of rotatable bonds is 1. The molecule has 0 bridgehead atoms. The SMILES string of the molecule is COC(=O)c1cnc2n1CCc1ccccc1-2. The van der Waals surface area contributed by atoms with E-state index in [4.69, 9.17) is 4.74 Å². The number of benzene rings is 1. The lowest BCUT2D eigenvalue weighted by molar-refractivity contribution is 0.0588. The molecule has 0 N–H and O–H groups in total. The predicted molar refractivity (Wildman–Crippen MR) is 62.7 cm³/mol. The van der Waals surface area contributed by atoms with Crippen LogP contribution in [-0.2, 0) is 17.7 Å². The number of aryl methyl sites for hydroxylation is 1. The van der Waals surface area contributed by atoms with Crippen molar-refractivity contribution >= 4 is 5.97 Å². The fourth-order valence-corrected chi connectivity index (χ4v) is 2.27. The summed E-state index contributed by atoms with van der Waals surface area (Å²) in [6.45, 7) is 0.775. The summed E-state index contributed by atoms with van der Waals surface area (Å²) in [6, 6.07) is 8.15. The van der Waals surface area contributed by atoms with Gasteiger partial charge in [0.1, 0.15) is 11.5 Å². The van der Waals surface area contributed by atoms with Gasteiger partial charge in [-0.2, -0.15) is 0 Å². The summed E-state index contributed by atoms with van der Waals surface area (Å²) in [5.41, 5.74) is 2.91. The molecule has 1 aliphatic rings. The van der Waals surface area contributed by atoms with Crippen LogP contribution >= 0.6 is 0 Å². The maximum atomic E-state index is 11.6. The van der Waals surface area contributed by atoms with Gasteiger partial charge in [0.25, 0.3) is 0 Å². The number of carbonyl (C=O) groups is 1. The Kier molecular flexibility index (Phi) is 2.21. The summed E-state index contributed by atoms with van der Waals surface area (Å²) >= 11 is 0. The number of esters is 1. The molecule has 0 saturated heterocycles. The Labute approximate surface area is 98.9 Å². The molecule has 0 fully saturated rings. The minimum absolute atomic E-state index is 0.330. The van der Waals surface area contributed by atoms with Gasteiger partial charge in [-0.3, -0.25) is 0 Å². The van der Waals surface area contributed by atoms with Gasteiger partial charge in [0.2, 0.25) is 0 Å². The lowest BCUT2D eigenvalue weighted by Gasteiger charge is -2.18. The summed E-state index contributed by atoms with van der Waals surface area (Å²) in [4.78, 5) is 15.9. The van der Waals surface area contributed by atoms with E-state index in [9.17, 15) is 4.79 Å². The Balaban J connectivity index is 2.16. The zero-order chi connectivity index (χ0) is 11.8. The smallest absolute Gasteiger partial charge is 0.356 e. The topological polar surface area (TPSA) is 44.1 Å². The zero-order valence-electron chi connectivity index (χ0n) is 9.51. The van der Waals surface area contributed by atoms with Gasteiger partial charge in [-0.1, -0.05) is 24.3 Å². The first-order valence-electron chi connectivity index (χ1n) is 5.53. The van der Waals surface area contributed by atoms with Gasteiger partial charge >= 0.3 is 5.97 Å². The van der Waals surface area contributed by atoms with Crippen molar-refractivity contribution in [2.24, 2.45) is 0 Å². The molecule has 1 aromatic carbocycles. The summed E-state index contributed by atoms with van der Waals surface area (Å²) in [6.07, 6.45) is 2.51. The number of hydrogen-bond donors (Lipinski definition) is 0. The molecular weight excluding hydrogens is 216 g/mol. The van der Waals surface area contributed by atoms with E-state index in [0.29, 0.717) is 5.69 Å². The molecule has 4 heteroatoms. The molecule has 0 radical (unpaired) electrons. The highest BCUT2D eigenvalue weighted by molar-refractivity contribution is 5.88. The average Bonchev–Trinajstić information content (AvgIpc) is 2.82. The zero-order valence-corrected chi connectivity index (χ0v) is 9.51. The van der Waals surface area contributed by atoms with Gasteiger partial charge < -0.3 is 9.30 Å². The van der Waals surface area contributed by atoms with Crippen molar-refractivity contribution in [1.29, 1.82) is 0 Å². The molecule has 3 rings (SSSR count). The van der Waals surface area contributed by atoms with Crippen molar-refractivity contribution in [3.8, 4) is 11.4 Å². The first kappa shape index (κ1) is 10.1. The van der Waals surface area contributed by atoms with Crippen LogP contribution in [0.25, 0.3) is 11.4 Å². The number of carbonyl (C=O) groups excluding carboxylic acids is 1. The second kappa shape index (κ2) is 3.73. The molecule has 0 saturated carbocycles. The summed E-state index contributed by atoms with van der Waals surface area (Å²) in [5.74, 6) is 0.524. The van der Waals surface area contributed by atoms with E-state index in [1.54, 1.807) is 6.20 Å². The third-order valence-electron chi connectivity index (χ3n) is 3.11. The van der Waals surface area contributed by atoms with Gasteiger partial charge in [-0.25, -0.2) is 9.78 Å². The van der Waals surface area contributed by atoms with Crippen molar-refractivity contribution in [3.05, 3.63) is 41.7 Å². The van der Waals surface area contributed by atoms with Gasteiger partial charge in [-0.05, 0) is 12.0 Å². The van der Waals surface area contributed by atoms with Crippen molar-refractivity contribution < 1.29 is 9.53 Å². The Bertz CT molecular complexity index is 587. The largest absolute Gasteiger partial charge is 0.464 e. The molecule has 4 nitrogen and oxygen atoms in total.